The second-order valence-corrected chi connectivity index (χ2v) is 6.48. The van der Waals surface area contributed by atoms with Gasteiger partial charge in [0.1, 0.15) is 17.4 Å². The van der Waals surface area contributed by atoms with Crippen LogP contribution in [0.3, 0.4) is 0 Å². The predicted octanol–water partition coefficient (Wildman–Crippen LogP) is 3.54. The van der Waals surface area contributed by atoms with Crippen LogP contribution >= 0.6 is 0 Å². The van der Waals surface area contributed by atoms with Gasteiger partial charge in [0.25, 0.3) is 0 Å². The molecule has 1 N–H and O–H groups in total. The molecule has 1 saturated carbocycles. The number of benzene rings is 2. The Morgan fingerprint density at radius 2 is 1.85 bits per heavy atom. The van der Waals surface area contributed by atoms with Crippen molar-refractivity contribution in [2.75, 3.05) is 21.2 Å². The summed E-state index contributed by atoms with van der Waals surface area (Å²) in [4.78, 5) is 6.27. The molecule has 0 amide bonds. The second kappa shape index (κ2) is 7.72. The van der Waals surface area contributed by atoms with E-state index in [0.717, 1.165) is 11.3 Å². The summed E-state index contributed by atoms with van der Waals surface area (Å²) in [7, 11) is 5.27. The molecule has 0 aliphatic heterocycles. The van der Waals surface area contributed by atoms with Crippen LogP contribution in [0.5, 0.6) is 5.75 Å². The summed E-state index contributed by atoms with van der Waals surface area (Å²) in [5.74, 6) is 0.376. The third kappa shape index (κ3) is 3.95. The minimum atomic E-state index is -0.485. The summed E-state index contributed by atoms with van der Waals surface area (Å²) < 4.78 is 33.0. The van der Waals surface area contributed by atoms with E-state index in [2.05, 4.69) is 10.3 Å². The van der Waals surface area contributed by atoms with E-state index in [1.54, 1.807) is 14.2 Å². The first-order valence-corrected chi connectivity index (χ1v) is 8.54. The maximum absolute atomic E-state index is 13.9. The Labute approximate surface area is 152 Å². The van der Waals surface area contributed by atoms with Crippen molar-refractivity contribution < 1.29 is 13.5 Å². The molecule has 0 spiro atoms. The normalized spacial score (nSPS) is 19.2. The second-order valence-electron chi connectivity index (χ2n) is 6.48. The highest BCUT2D eigenvalue weighted by Crippen LogP contribution is 2.43. The molecule has 0 radical (unpaired) electrons. The summed E-state index contributed by atoms with van der Waals surface area (Å²) in [5.41, 5.74) is 1.28. The number of methoxy groups -OCH3 is 1. The van der Waals surface area contributed by atoms with Gasteiger partial charge < -0.3 is 15.0 Å². The third-order valence-electron chi connectivity index (χ3n) is 4.63. The van der Waals surface area contributed by atoms with Gasteiger partial charge in [-0.25, -0.2) is 8.78 Å². The Bertz CT molecular complexity index is 772. The first-order chi connectivity index (χ1) is 12.5. The van der Waals surface area contributed by atoms with E-state index >= 15 is 0 Å². The number of hydrogen-bond acceptors (Lipinski definition) is 2. The minimum Gasteiger partial charge on any atom is -0.497 e. The number of aliphatic imine (C=N–C) groups is 1. The first-order valence-electron chi connectivity index (χ1n) is 8.54. The topological polar surface area (TPSA) is 36.9 Å². The molecule has 0 heterocycles. The van der Waals surface area contributed by atoms with Gasteiger partial charge in [-0.1, -0.05) is 18.2 Å². The van der Waals surface area contributed by atoms with E-state index in [0.29, 0.717) is 18.9 Å². The number of rotatable bonds is 5. The fraction of sp³-hybridized carbons (Fsp3) is 0.350. The zero-order chi connectivity index (χ0) is 18.7. The van der Waals surface area contributed by atoms with E-state index in [9.17, 15) is 8.78 Å². The zero-order valence-electron chi connectivity index (χ0n) is 15.2. The highest BCUT2D eigenvalue weighted by Gasteiger charge is 2.42. The Hall–Kier alpha value is -2.63. The van der Waals surface area contributed by atoms with E-state index in [1.165, 1.54) is 18.2 Å². The van der Waals surface area contributed by atoms with Gasteiger partial charge in [0.2, 0.25) is 0 Å². The van der Waals surface area contributed by atoms with Crippen molar-refractivity contribution in [3.05, 3.63) is 65.2 Å². The molecular formula is C20H23F2N3O. The van der Waals surface area contributed by atoms with E-state index in [1.807, 2.05) is 36.2 Å². The lowest BCUT2D eigenvalue weighted by Crippen LogP contribution is -2.40. The summed E-state index contributed by atoms with van der Waals surface area (Å²) in [6.07, 6.45) is 0.688. The van der Waals surface area contributed by atoms with Gasteiger partial charge in [0, 0.05) is 38.2 Å². The Kier molecular flexibility index (Phi) is 5.40. The molecule has 0 bridgehead atoms. The molecule has 2 atom stereocenters. The van der Waals surface area contributed by atoms with Crippen LogP contribution in [-0.4, -0.2) is 38.1 Å². The number of nitrogens with one attached hydrogen (secondary N) is 1. The van der Waals surface area contributed by atoms with Gasteiger partial charge in [-0.3, -0.25) is 4.99 Å². The van der Waals surface area contributed by atoms with Crippen LogP contribution in [0.1, 0.15) is 23.5 Å². The first kappa shape index (κ1) is 18.2. The van der Waals surface area contributed by atoms with Crippen LogP contribution in [0.15, 0.2) is 47.5 Å². The molecule has 2 unspecified atom stereocenters. The average Bonchev–Trinajstić information content (AvgIpc) is 3.39. The van der Waals surface area contributed by atoms with Crippen molar-refractivity contribution in [3.8, 4) is 5.75 Å². The minimum absolute atomic E-state index is 0.0154. The SMILES string of the molecule is CN=C(NC1CC1c1c(F)cccc1F)N(C)Cc1ccc(OC)cc1. The Morgan fingerprint density at radius 3 is 2.42 bits per heavy atom. The lowest BCUT2D eigenvalue weighted by molar-refractivity contribution is 0.414. The predicted molar refractivity (Wildman–Crippen MR) is 98.5 cm³/mol. The molecule has 138 valence electrons. The number of guanidine groups is 1. The molecule has 2 aromatic rings. The zero-order valence-corrected chi connectivity index (χ0v) is 15.2. The summed E-state index contributed by atoms with van der Waals surface area (Å²) in [6.45, 7) is 0.662. The fourth-order valence-corrected chi connectivity index (χ4v) is 3.13. The van der Waals surface area contributed by atoms with Crippen LogP contribution in [0.4, 0.5) is 8.78 Å². The Morgan fingerprint density at radius 1 is 1.19 bits per heavy atom. The lowest BCUT2D eigenvalue weighted by atomic mass is 10.1. The number of ether oxygens (including phenoxy) is 1. The molecule has 0 saturated heterocycles. The number of halogens is 2. The summed E-state index contributed by atoms with van der Waals surface area (Å²) in [6, 6.07) is 11.8. The molecule has 3 rings (SSSR count). The Balaban J connectivity index is 1.61. The molecule has 1 fully saturated rings. The summed E-state index contributed by atoms with van der Waals surface area (Å²) >= 11 is 0. The van der Waals surface area contributed by atoms with Gasteiger partial charge >= 0.3 is 0 Å². The quantitative estimate of drug-likeness (QED) is 0.655. The summed E-state index contributed by atoms with van der Waals surface area (Å²) in [5, 5.41) is 3.30. The van der Waals surface area contributed by atoms with Gasteiger partial charge in [0.05, 0.1) is 7.11 Å². The molecular weight excluding hydrogens is 336 g/mol. The molecule has 26 heavy (non-hydrogen) atoms. The number of nitrogens with zero attached hydrogens (tertiary/aromatic N) is 2. The van der Waals surface area contributed by atoms with Crippen molar-refractivity contribution in [1.29, 1.82) is 0 Å². The van der Waals surface area contributed by atoms with Crippen molar-refractivity contribution in [2.24, 2.45) is 4.99 Å². The molecule has 4 nitrogen and oxygen atoms in total. The van der Waals surface area contributed by atoms with Gasteiger partial charge in [-0.2, -0.15) is 0 Å². The lowest BCUT2D eigenvalue weighted by Gasteiger charge is -2.22. The van der Waals surface area contributed by atoms with E-state index < -0.39 is 11.6 Å². The maximum atomic E-state index is 13.9. The van der Waals surface area contributed by atoms with Gasteiger partial charge in [-0.05, 0) is 36.2 Å². The van der Waals surface area contributed by atoms with E-state index in [-0.39, 0.29) is 17.5 Å². The molecule has 1 aliphatic carbocycles. The third-order valence-corrected chi connectivity index (χ3v) is 4.63. The van der Waals surface area contributed by atoms with Crippen molar-refractivity contribution in [3.63, 3.8) is 0 Å². The molecule has 1 aliphatic rings. The van der Waals surface area contributed by atoms with Crippen LogP contribution in [0, 0.1) is 11.6 Å². The standard InChI is InChI=1S/C20H23F2N3O/c1-23-20(25(2)12-13-7-9-14(26-3)10-8-13)24-18-11-15(18)19-16(21)5-4-6-17(19)22/h4-10,15,18H,11-12H2,1-3H3,(H,23,24). The van der Waals surface area contributed by atoms with Crippen molar-refractivity contribution in [2.45, 2.75) is 24.9 Å². The van der Waals surface area contributed by atoms with Gasteiger partial charge in [0.15, 0.2) is 5.96 Å². The fourth-order valence-electron chi connectivity index (χ4n) is 3.13. The highest BCUT2D eigenvalue weighted by atomic mass is 19.1. The van der Waals surface area contributed by atoms with Gasteiger partial charge in [-0.15, -0.1) is 0 Å². The van der Waals surface area contributed by atoms with Crippen LogP contribution < -0.4 is 10.1 Å². The smallest absolute Gasteiger partial charge is 0.193 e. The van der Waals surface area contributed by atoms with Crippen LogP contribution in [0.25, 0.3) is 0 Å². The largest absolute Gasteiger partial charge is 0.497 e. The van der Waals surface area contributed by atoms with Crippen LogP contribution in [0.2, 0.25) is 0 Å². The highest BCUT2D eigenvalue weighted by molar-refractivity contribution is 5.80. The maximum Gasteiger partial charge on any atom is 0.193 e. The van der Waals surface area contributed by atoms with Crippen LogP contribution in [-0.2, 0) is 6.54 Å². The van der Waals surface area contributed by atoms with E-state index in [4.69, 9.17) is 4.74 Å². The molecule has 0 aromatic heterocycles. The van der Waals surface area contributed by atoms with Crippen molar-refractivity contribution >= 4 is 5.96 Å². The molecule has 6 heteroatoms. The molecule has 2 aromatic carbocycles. The van der Waals surface area contributed by atoms with Crippen molar-refractivity contribution in [1.82, 2.24) is 10.2 Å². The average molecular weight is 359 g/mol. The monoisotopic (exact) mass is 359 g/mol. The number of hydrogen-bond donors (Lipinski definition) is 1.